The SMILES string of the molecule is O=C(Nc1ccc(Br)c2ccccc12)c1cc(Cl)sc1Cl. The van der Waals surface area contributed by atoms with Crippen molar-refractivity contribution in [2.24, 2.45) is 0 Å². The first-order chi connectivity index (χ1) is 10.1. The van der Waals surface area contributed by atoms with Gasteiger partial charge >= 0.3 is 0 Å². The fraction of sp³-hybridized carbons (Fsp3) is 0. The van der Waals surface area contributed by atoms with E-state index in [1.54, 1.807) is 6.07 Å². The van der Waals surface area contributed by atoms with Crippen molar-refractivity contribution in [1.82, 2.24) is 0 Å². The quantitative estimate of drug-likeness (QED) is 0.543. The molecule has 0 aliphatic rings. The fourth-order valence-electron chi connectivity index (χ4n) is 2.06. The molecule has 6 heteroatoms. The third kappa shape index (κ3) is 2.94. The molecular weight excluding hydrogens is 393 g/mol. The van der Waals surface area contributed by atoms with Gasteiger partial charge in [0.25, 0.3) is 5.91 Å². The zero-order valence-corrected chi connectivity index (χ0v) is 14.4. The van der Waals surface area contributed by atoms with Gasteiger partial charge in [0.15, 0.2) is 0 Å². The average molecular weight is 401 g/mol. The predicted molar refractivity (Wildman–Crippen MR) is 93.9 cm³/mol. The van der Waals surface area contributed by atoms with E-state index in [0.29, 0.717) is 14.2 Å². The van der Waals surface area contributed by atoms with E-state index in [4.69, 9.17) is 23.2 Å². The molecule has 0 unspecified atom stereocenters. The first-order valence-electron chi connectivity index (χ1n) is 5.99. The largest absolute Gasteiger partial charge is 0.321 e. The topological polar surface area (TPSA) is 29.1 Å². The molecule has 0 saturated carbocycles. The molecule has 1 amide bonds. The number of anilines is 1. The molecule has 1 N–H and O–H groups in total. The summed E-state index contributed by atoms with van der Waals surface area (Å²) in [6, 6.07) is 13.2. The van der Waals surface area contributed by atoms with Crippen LogP contribution in [0.3, 0.4) is 0 Å². The van der Waals surface area contributed by atoms with Crippen molar-refractivity contribution < 1.29 is 4.79 Å². The van der Waals surface area contributed by atoms with Crippen LogP contribution >= 0.6 is 50.5 Å². The third-order valence-corrected chi connectivity index (χ3v) is 5.20. The van der Waals surface area contributed by atoms with Crippen LogP contribution in [-0.4, -0.2) is 5.91 Å². The highest BCUT2D eigenvalue weighted by atomic mass is 79.9. The summed E-state index contributed by atoms with van der Waals surface area (Å²) in [6.07, 6.45) is 0. The summed E-state index contributed by atoms with van der Waals surface area (Å²) in [7, 11) is 0. The number of fused-ring (bicyclic) bond motifs is 1. The lowest BCUT2D eigenvalue weighted by Gasteiger charge is -2.09. The van der Waals surface area contributed by atoms with Crippen molar-refractivity contribution in [3.05, 3.63) is 61.2 Å². The van der Waals surface area contributed by atoms with E-state index in [1.807, 2.05) is 36.4 Å². The lowest BCUT2D eigenvalue weighted by molar-refractivity contribution is 0.102. The maximum atomic E-state index is 12.3. The van der Waals surface area contributed by atoms with E-state index in [0.717, 1.165) is 20.9 Å². The third-order valence-electron chi connectivity index (χ3n) is 3.02. The molecule has 0 spiro atoms. The van der Waals surface area contributed by atoms with Gasteiger partial charge in [0.1, 0.15) is 4.34 Å². The van der Waals surface area contributed by atoms with E-state index in [9.17, 15) is 4.79 Å². The van der Waals surface area contributed by atoms with Crippen LogP contribution in [0.5, 0.6) is 0 Å². The second kappa shape index (κ2) is 5.97. The number of carbonyl (C=O) groups excluding carboxylic acids is 1. The van der Waals surface area contributed by atoms with Gasteiger partial charge in [0.05, 0.1) is 9.90 Å². The lowest BCUT2D eigenvalue weighted by Crippen LogP contribution is -2.11. The van der Waals surface area contributed by atoms with Crippen LogP contribution < -0.4 is 5.32 Å². The molecular formula is C15H8BrCl2NOS. The summed E-state index contributed by atoms with van der Waals surface area (Å²) in [5, 5.41) is 4.87. The minimum absolute atomic E-state index is 0.268. The van der Waals surface area contributed by atoms with Crippen LogP contribution in [-0.2, 0) is 0 Å². The van der Waals surface area contributed by atoms with Gasteiger partial charge < -0.3 is 5.32 Å². The molecule has 1 heterocycles. The maximum Gasteiger partial charge on any atom is 0.258 e. The highest BCUT2D eigenvalue weighted by Crippen LogP contribution is 2.33. The Kier molecular flexibility index (Phi) is 4.22. The van der Waals surface area contributed by atoms with Gasteiger partial charge in [-0.25, -0.2) is 0 Å². The zero-order chi connectivity index (χ0) is 15.0. The summed E-state index contributed by atoms with van der Waals surface area (Å²) < 4.78 is 1.86. The van der Waals surface area contributed by atoms with Crippen molar-refractivity contribution in [1.29, 1.82) is 0 Å². The van der Waals surface area contributed by atoms with E-state index in [2.05, 4.69) is 21.2 Å². The van der Waals surface area contributed by atoms with Gasteiger partial charge in [-0.1, -0.05) is 63.4 Å². The highest BCUT2D eigenvalue weighted by Gasteiger charge is 2.15. The average Bonchev–Trinajstić information content (AvgIpc) is 2.81. The molecule has 0 atom stereocenters. The molecule has 0 aliphatic carbocycles. The molecule has 3 rings (SSSR count). The molecule has 1 aromatic heterocycles. The standard InChI is InChI=1S/C15H8BrCl2NOS/c16-11-5-6-12(9-4-2-1-3-8(9)11)19-15(20)10-7-13(17)21-14(10)18/h1-7H,(H,19,20). The molecule has 0 fully saturated rings. The number of nitrogens with one attached hydrogen (secondary N) is 1. The fourth-order valence-corrected chi connectivity index (χ4v) is 3.99. The van der Waals surface area contributed by atoms with Crippen LogP contribution in [0.2, 0.25) is 8.67 Å². The number of rotatable bonds is 2. The van der Waals surface area contributed by atoms with E-state index >= 15 is 0 Å². The highest BCUT2D eigenvalue weighted by molar-refractivity contribution is 9.10. The van der Waals surface area contributed by atoms with Crippen molar-refractivity contribution in [2.75, 3.05) is 5.32 Å². The summed E-state index contributed by atoms with van der Waals surface area (Å²) in [5.41, 5.74) is 1.12. The monoisotopic (exact) mass is 399 g/mol. The molecule has 3 aromatic rings. The second-order valence-electron chi connectivity index (χ2n) is 4.33. The summed E-state index contributed by atoms with van der Waals surface area (Å²) in [5.74, 6) is -0.268. The van der Waals surface area contributed by atoms with Gasteiger partial charge in [-0.2, -0.15) is 0 Å². The Labute approximate surface area is 143 Å². The van der Waals surface area contributed by atoms with Crippen molar-refractivity contribution >= 4 is 72.8 Å². The first kappa shape index (κ1) is 14.9. The van der Waals surface area contributed by atoms with E-state index < -0.39 is 0 Å². The van der Waals surface area contributed by atoms with Crippen LogP contribution in [0, 0.1) is 0 Å². The zero-order valence-electron chi connectivity index (χ0n) is 10.5. The van der Waals surface area contributed by atoms with Gasteiger partial charge in [0.2, 0.25) is 0 Å². The number of halogens is 3. The molecule has 0 bridgehead atoms. The van der Waals surface area contributed by atoms with Crippen LogP contribution in [0.4, 0.5) is 5.69 Å². The van der Waals surface area contributed by atoms with Crippen LogP contribution in [0.1, 0.15) is 10.4 Å². The predicted octanol–water partition coefficient (Wildman–Crippen LogP) is 6.22. The van der Waals surface area contributed by atoms with Crippen molar-refractivity contribution in [3.8, 4) is 0 Å². The second-order valence-corrected chi connectivity index (χ2v) is 7.47. The molecule has 0 radical (unpaired) electrons. The smallest absolute Gasteiger partial charge is 0.258 e. The number of hydrogen-bond donors (Lipinski definition) is 1. The van der Waals surface area contributed by atoms with Crippen LogP contribution in [0.15, 0.2) is 46.9 Å². The van der Waals surface area contributed by atoms with Gasteiger partial charge in [-0.3, -0.25) is 4.79 Å². The Hall–Kier alpha value is -1.07. The Balaban J connectivity index is 2.01. The van der Waals surface area contributed by atoms with Crippen LogP contribution in [0.25, 0.3) is 10.8 Å². The van der Waals surface area contributed by atoms with Gasteiger partial charge in [-0.05, 0) is 23.6 Å². The van der Waals surface area contributed by atoms with E-state index in [1.165, 1.54) is 11.3 Å². The Morgan fingerprint density at radius 1 is 1.10 bits per heavy atom. The minimum atomic E-state index is -0.268. The minimum Gasteiger partial charge on any atom is -0.321 e. The molecule has 0 saturated heterocycles. The van der Waals surface area contributed by atoms with E-state index in [-0.39, 0.29) is 5.91 Å². The Morgan fingerprint density at radius 3 is 2.48 bits per heavy atom. The van der Waals surface area contributed by atoms with Gasteiger partial charge in [-0.15, -0.1) is 11.3 Å². The van der Waals surface area contributed by atoms with Gasteiger partial charge in [0, 0.05) is 15.5 Å². The molecule has 2 aromatic carbocycles. The number of thiophene rings is 1. The molecule has 21 heavy (non-hydrogen) atoms. The number of carbonyl (C=O) groups is 1. The normalized spacial score (nSPS) is 10.8. The summed E-state index contributed by atoms with van der Waals surface area (Å²) in [4.78, 5) is 12.3. The van der Waals surface area contributed by atoms with Crippen molar-refractivity contribution in [3.63, 3.8) is 0 Å². The lowest BCUT2D eigenvalue weighted by atomic mass is 10.1. The Morgan fingerprint density at radius 2 is 1.81 bits per heavy atom. The number of amides is 1. The first-order valence-corrected chi connectivity index (χ1v) is 8.36. The van der Waals surface area contributed by atoms with Crippen molar-refractivity contribution in [2.45, 2.75) is 0 Å². The maximum absolute atomic E-state index is 12.3. The molecule has 106 valence electrons. The number of hydrogen-bond acceptors (Lipinski definition) is 2. The summed E-state index contributed by atoms with van der Waals surface area (Å²) in [6.45, 7) is 0. The Bertz CT molecular complexity index is 847. The molecule has 0 aliphatic heterocycles. The molecule has 2 nitrogen and oxygen atoms in total. The number of benzene rings is 2. The summed E-state index contributed by atoms with van der Waals surface area (Å²) >= 11 is 16.6.